The predicted octanol–water partition coefficient (Wildman–Crippen LogP) is 7.13. The summed E-state index contributed by atoms with van der Waals surface area (Å²) in [6, 6.07) is 37.6. The van der Waals surface area contributed by atoms with Crippen molar-refractivity contribution in [3.05, 3.63) is 131 Å². The van der Waals surface area contributed by atoms with E-state index in [0.717, 1.165) is 11.4 Å². The van der Waals surface area contributed by atoms with Crippen molar-refractivity contribution in [1.29, 1.82) is 0 Å². The molecule has 0 unspecified atom stereocenters. The average molecular weight is 533 g/mol. The lowest BCUT2D eigenvalue weighted by atomic mass is 10.2. The maximum atomic E-state index is 13.9. The zero-order valence-electron chi connectivity index (χ0n) is 20.0. The lowest BCUT2D eigenvalue weighted by Crippen LogP contribution is -2.30. The van der Waals surface area contributed by atoms with E-state index in [1.165, 1.54) is 23.5 Å². The third-order valence-electron chi connectivity index (χ3n) is 5.76. The summed E-state index contributed by atoms with van der Waals surface area (Å²) in [6.07, 6.45) is 0. The van der Waals surface area contributed by atoms with Gasteiger partial charge in [-0.1, -0.05) is 72.8 Å². The van der Waals surface area contributed by atoms with Gasteiger partial charge in [-0.05, 0) is 72.1 Å². The molecule has 0 radical (unpaired) electrons. The molecule has 0 aromatic heterocycles. The molecule has 184 valence electrons. The molecular formula is C30H20N4O2S2. The average Bonchev–Trinajstić information content (AvgIpc) is 3.45. The van der Waals surface area contributed by atoms with Crippen molar-refractivity contribution < 1.29 is 9.59 Å². The monoisotopic (exact) mass is 532 g/mol. The highest BCUT2D eigenvalue weighted by Gasteiger charge is 2.44. The fourth-order valence-electron chi connectivity index (χ4n) is 4.01. The zero-order chi connectivity index (χ0) is 25.9. The molecule has 8 heteroatoms. The van der Waals surface area contributed by atoms with Gasteiger partial charge in [-0.2, -0.15) is 0 Å². The van der Waals surface area contributed by atoms with E-state index < -0.39 is 0 Å². The van der Waals surface area contributed by atoms with Gasteiger partial charge in [0, 0.05) is 0 Å². The van der Waals surface area contributed by atoms with Crippen LogP contribution in [0.1, 0.15) is 0 Å². The van der Waals surface area contributed by atoms with E-state index in [1.807, 2.05) is 121 Å². The molecule has 2 heterocycles. The van der Waals surface area contributed by atoms with E-state index in [1.54, 1.807) is 9.80 Å². The quantitative estimate of drug-likeness (QED) is 0.262. The zero-order valence-corrected chi connectivity index (χ0v) is 21.6. The molecule has 2 saturated heterocycles. The Labute approximate surface area is 228 Å². The van der Waals surface area contributed by atoms with E-state index in [4.69, 9.17) is 9.98 Å². The minimum atomic E-state index is -0.291. The maximum absolute atomic E-state index is 13.9. The van der Waals surface area contributed by atoms with Gasteiger partial charge in [0.2, 0.25) is 0 Å². The lowest BCUT2D eigenvalue weighted by Gasteiger charge is -2.15. The minimum absolute atomic E-state index is 0.291. The van der Waals surface area contributed by atoms with E-state index in [-0.39, 0.29) is 11.8 Å². The molecule has 2 aliphatic rings. The Hall–Kier alpha value is -4.40. The van der Waals surface area contributed by atoms with Crippen molar-refractivity contribution >= 4 is 68.4 Å². The number of amidine groups is 2. The normalized spacial score (nSPS) is 19.7. The Bertz CT molecular complexity index is 1470. The van der Waals surface area contributed by atoms with E-state index in [2.05, 4.69) is 0 Å². The molecule has 0 saturated carbocycles. The summed E-state index contributed by atoms with van der Waals surface area (Å²) < 4.78 is 0. The summed E-state index contributed by atoms with van der Waals surface area (Å²) >= 11 is 2.41. The van der Waals surface area contributed by atoms with Gasteiger partial charge in [-0.25, -0.2) is 9.98 Å². The van der Waals surface area contributed by atoms with Gasteiger partial charge in [0.1, 0.15) is 9.81 Å². The minimum Gasteiger partial charge on any atom is -0.268 e. The van der Waals surface area contributed by atoms with Crippen molar-refractivity contribution in [2.75, 3.05) is 9.80 Å². The number of carbonyl (C=O) groups is 2. The predicted molar refractivity (Wildman–Crippen MR) is 157 cm³/mol. The molecule has 0 spiro atoms. The van der Waals surface area contributed by atoms with Crippen molar-refractivity contribution in [1.82, 2.24) is 0 Å². The second-order valence-electron chi connectivity index (χ2n) is 8.27. The SMILES string of the molecule is O=C1/C(=C2\SC(=Nc3ccccc3)N(c3ccccc3)C2=O)SC(=Nc2ccccc2)N1c1ccccc1. The number of carbonyl (C=O) groups excluding carboxylic acids is 2. The highest BCUT2D eigenvalue weighted by molar-refractivity contribution is 8.22. The lowest BCUT2D eigenvalue weighted by molar-refractivity contribution is -0.115. The van der Waals surface area contributed by atoms with Crippen molar-refractivity contribution in [2.24, 2.45) is 9.98 Å². The first kappa shape index (κ1) is 24.0. The molecule has 0 atom stereocenters. The van der Waals surface area contributed by atoms with Crippen molar-refractivity contribution in [3.63, 3.8) is 0 Å². The van der Waals surface area contributed by atoms with Crippen LogP contribution in [-0.2, 0) is 9.59 Å². The number of rotatable bonds is 4. The molecule has 2 amide bonds. The van der Waals surface area contributed by atoms with Crippen molar-refractivity contribution in [3.8, 4) is 0 Å². The number of thioether (sulfide) groups is 2. The van der Waals surface area contributed by atoms with Crippen LogP contribution in [-0.4, -0.2) is 22.1 Å². The second-order valence-corrected chi connectivity index (χ2v) is 10.2. The van der Waals surface area contributed by atoms with E-state index >= 15 is 0 Å². The number of hydrogen-bond donors (Lipinski definition) is 0. The molecule has 2 fully saturated rings. The maximum Gasteiger partial charge on any atom is 0.272 e. The summed E-state index contributed by atoms with van der Waals surface area (Å²) in [6.45, 7) is 0. The standard InChI is InChI=1S/C30H20N4O2S2/c35-27-25(37-29(31-21-13-5-1-6-14-21)33(27)23-17-9-3-10-18-23)26-28(36)34(24-19-11-4-12-20-24)30(38-26)32-22-15-7-2-8-16-22/h1-20H/b26-25+,31-29?,32-30?. The van der Waals surface area contributed by atoms with Gasteiger partial charge in [-0.3, -0.25) is 19.4 Å². The molecule has 6 rings (SSSR count). The van der Waals surface area contributed by atoms with Crippen LogP contribution in [0.25, 0.3) is 0 Å². The molecule has 38 heavy (non-hydrogen) atoms. The van der Waals surface area contributed by atoms with Gasteiger partial charge in [0.05, 0.1) is 22.7 Å². The number of benzene rings is 4. The Kier molecular flexibility index (Phi) is 6.64. The van der Waals surface area contributed by atoms with Gasteiger partial charge in [0.25, 0.3) is 11.8 Å². The third kappa shape index (κ3) is 4.67. The smallest absolute Gasteiger partial charge is 0.268 e. The summed E-state index contributed by atoms with van der Waals surface area (Å²) in [5.41, 5.74) is 2.81. The summed E-state index contributed by atoms with van der Waals surface area (Å²) in [5, 5.41) is 0.978. The van der Waals surface area contributed by atoms with Crippen LogP contribution in [0.3, 0.4) is 0 Å². The highest BCUT2D eigenvalue weighted by atomic mass is 32.2. The van der Waals surface area contributed by atoms with Gasteiger partial charge in [-0.15, -0.1) is 0 Å². The van der Waals surface area contributed by atoms with Crippen LogP contribution in [0.15, 0.2) is 141 Å². The fraction of sp³-hybridized carbons (Fsp3) is 0. The Balaban J connectivity index is 1.47. The van der Waals surface area contributed by atoms with Crippen LogP contribution in [0.2, 0.25) is 0 Å². The second kappa shape index (κ2) is 10.5. The molecular weight excluding hydrogens is 512 g/mol. The number of aliphatic imine (C=N–C) groups is 2. The van der Waals surface area contributed by atoms with Crippen LogP contribution in [0.5, 0.6) is 0 Å². The first-order chi connectivity index (χ1) is 18.7. The molecule has 4 aromatic carbocycles. The topological polar surface area (TPSA) is 65.3 Å². The van der Waals surface area contributed by atoms with Gasteiger partial charge >= 0.3 is 0 Å². The van der Waals surface area contributed by atoms with Crippen LogP contribution in [0.4, 0.5) is 22.7 Å². The van der Waals surface area contributed by atoms with Gasteiger partial charge in [0.15, 0.2) is 10.3 Å². The number of nitrogens with zero attached hydrogens (tertiary/aromatic N) is 4. The number of amides is 2. The molecule has 4 aromatic rings. The number of hydrogen-bond acceptors (Lipinski definition) is 6. The number of para-hydroxylation sites is 4. The summed E-state index contributed by atoms with van der Waals surface area (Å²) in [7, 11) is 0. The number of anilines is 2. The third-order valence-corrected chi connectivity index (χ3v) is 7.97. The molecule has 0 bridgehead atoms. The Morgan fingerprint density at radius 1 is 0.447 bits per heavy atom. The molecule has 6 nitrogen and oxygen atoms in total. The van der Waals surface area contributed by atoms with E-state index in [9.17, 15) is 9.59 Å². The van der Waals surface area contributed by atoms with Crippen LogP contribution in [0, 0.1) is 0 Å². The Morgan fingerprint density at radius 2 is 0.763 bits per heavy atom. The first-order valence-corrected chi connectivity index (χ1v) is 13.5. The molecule has 0 aliphatic carbocycles. The van der Waals surface area contributed by atoms with E-state index in [0.29, 0.717) is 31.5 Å². The van der Waals surface area contributed by atoms with Crippen molar-refractivity contribution in [2.45, 2.75) is 0 Å². The summed E-state index contributed by atoms with van der Waals surface area (Å²) in [5.74, 6) is -0.582. The van der Waals surface area contributed by atoms with Crippen LogP contribution < -0.4 is 9.80 Å². The summed E-state index contributed by atoms with van der Waals surface area (Å²) in [4.78, 5) is 41.1. The van der Waals surface area contributed by atoms with Gasteiger partial charge < -0.3 is 0 Å². The highest BCUT2D eigenvalue weighted by Crippen LogP contribution is 2.45. The molecule has 0 N–H and O–H groups in total. The largest absolute Gasteiger partial charge is 0.272 e. The molecule has 2 aliphatic heterocycles. The van der Waals surface area contributed by atoms with Crippen LogP contribution >= 0.6 is 23.5 Å². The Morgan fingerprint density at radius 3 is 1.11 bits per heavy atom. The fourth-order valence-corrected chi connectivity index (χ4v) is 6.20. The first-order valence-electron chi connectivity index (χ1n) is 11.9.